The molecule has 1 nitrogen and oxygen atoms in total. The van der Waals surface area contributed by atoms with Crippen LogP contribution in [0.15, 0.2) is 30.3 Å². The van der Waals surface area contributed by atoms with Gasteiger partial charge in [-0.25, -0.2) is 13.2 Å². The SMILES string of the molecule is CCC1CCC(C(C)Cc2ccc(-c3cc(F)c(OC)c(F)c3)c(F)c2)CC1. The molecule has 1 saturated carbocycles. The molecule has 0 heterocycles. The summed E-state index contributed by atoms with van der Waals surface area (Å²) in [6.45, 7) is 4.51. The number of methoxy groups -OCH3 is 1. The maximum Gasteiger partial charge on any atom is 0.190 e. The summed E-state index contributed by atoms with van der Waals surface area (Å²) in [6.07, 6.45) is 7.19. The Hall–Kier alpha value is -1.97. The van der Waals surface area contributed by atoms with Crippen LogP contribution in [0.25, 0.3) is 11.1 Å². The van der Waals surface area contributed by atoms with Crippen LogP contribution >= 0.6 is 0 Å². The third-order valence-electron chi connectivity index (χ3n) is 6.38. The van der Waals surface area contributed by atoms with E-state index in [1.165, 1.54) is 45.3 Å². The fourth-order valence-corrected chi connectivity index (χ4v) is 4.53. The maximum atomic E-state index is 14.7. The molecule has 2 aromatic carbocycles. The van der Waals surface area contributed by atoms with E-state index < -0.39 is 23.2 Å². The predicted octanol–water partition coefficient (Wildman–Crippen LogP) is 7.17. The quantitative estimate of drug-likeness (QED) is 0.508. The third-order valence-corrected chi connectivity index (χ3v) is 6.38. The lowest BCUT2D eigenvalue weighted by Gasteiger charge is -2.32. The Morgan fingerprint density at radius 1 is 0.964 bits per heavy atom. The second-order valence-corrected chi connectivity index (χ2v) is 8.16. The molecule has 0 spiro atoms. The van der Waals surface area contributed by atoms with Gasteiger partial charge in [0, 0.05) is 5.56 Å². The van der Waals surface area contributed by atoms with E-state index in [9.17, 15) is 13.2 Å². The lowest BCUT2D eigenvalue weighted by atomic mass is 9.74. The molecule has 4 heteroatoms. The summed E-state index contributed by atoms with van der Waals surface area (Å²) in [5.41, 5.74) is 1.30. The summed E-state index contributed by atoms with van der Waals surface area (Å²) in [7, 11) is 1.20. The van der Waals surface area contributed by atoms with E-state index in [4.69, 9.17) is 0 Å². The van der Waals surface area contributed by atoms with Crippen LogP contribution in [0.5, 0.6) is 5.75 Å². The van der Waals surface area contributed by atoms with E-state index in [0.29, 0.717) is 11.8 Å². The molecule has 28 heavy (non-hydrogen) atoms. The van der Waals surface area contributed by atoms with Gasteiger partial charge in [-0.3, -0.25) is 0 Å². The van der Waals surface area contributed by atoms with Gasteiger partial charge in [0.2, 0.25) is 0 Å². The van der Waals surface area contributed by atoms with E-state index in [0.717, 1.165) is 30.0 Å². The first-order valence-corrected chi connectivity index (χ1v) is 10.2. The number of halogens is 3. The normalized spacial score (nSPS) is 20.8. The molecular weight excluding hydrogens is 361 g/mol. The van der Waals surface area contributed by atoms with Crippen LogP contribution in [0.4, 0.5) is 13.2 Å². The molecule has 1 fully saturated rings. The van der Waals surface area contributed by atoms with E-state index in [2.05, 4.69) is 18.6 Å². The second kappa shape index (κ2) is 9.02. The van der Waals surface area contributed by atoms with Gasteiger partial charge in [0.15, 0.2) is 17.4 Å². The highest BCUT2D eigenvalue weighted by Crippen LogP contribution is 2.36. The van der Waals surface area contributed by atoms with Crippen molar-refractivity contribution in [1.82, 2.24) is 0 Å². The first-order valence-electron chi connectivity index (χ1n) is 10.2. The average molecular weight is 390 g/mol. The number of hydrogen-bond acceptors (Lipinski definition) is 1. The largest absolute Gasteiger partial charge is 0.491 e. The number of ether oxygens (including phenoxy) is 1. The van der Waals surface area contributed by atoms with Crippen molar-refractivity contribution in [2.24, 2.45) is 17.8 Å². The maximum absolute atomic E-state index is 14.7. The minimum atomic E-state index is -0.836. The van der Waals surface area contributed by atoms with Crippen LogP contribution in [0, 0.1) is 35.2 Å². The van der Waals surface area contributed by atoms with Crippen LogP contribution in [-0.4, -0.2) is 7.11 Å². The zero-order chi connectivity index (χ0) is 20.3. The minimum absolute atomic E-state index is 0.172. The van der Waals surface area contributed by atoms with E-state index in [-0.39, 0.29) is 11.1 Å². The fourth-order valence-electron chi connectivity index (χ4n) is 4.53. The Labute approximate surface area is 165 Å². The van der Waals surface area contributed by atoms with Crippen LogP contribution in [0.1, 0.15) is 51.5 Å². The summed E-state index contributed by atoms with van der Waals surface area (Å²) in [5, 5.41) is 0. The molecule has 1 aliphatic carbocycles. The molecule has 0 aromatic heterocycles. The van der Waals surface area contributed by atoms with Gasteiger partial charge < -0.3 is 4.74 Å². The van der Waals surface area contributed by atoms with Gasteiger partial charge in [-0.15, -0.1) is 0 Å². The van der Waals surface area contributed by atoms with Crippen LogP contribution in [0.3, 0.4) is 0 Å². The highest BCUT2D eigenvalue weighted by atomic mass is 19.1. The van der Waals surface area contributed by atoms with Crippen molar-refractivity contribution in [2.45, 2.75) is 52.4 Å². The van der Waals surface area contributed by atoms with Crippen molar-refractivity contribution in [1.29, 1.82) is 0 Å². The summed E-state index contributed by atoms with van der Waals surface area (Å²) in [4.78, 5) is 0. The van der Waals surface area contributed by atoms with Gasteiger partial charge >= 0.3 is 0 Å². The van der Waals surface area contributed by atoms with Crippen molar-refractivity contribution >= 4 is 0 Å². The van der Waals surface area contributed by atoms with E-state index >= 15 is 0 Å². The lowest BCUT2D eigenvalue weighted by Crippen LogP contribution is -2.21. The zero-order valence-corrected chi connectivity index (χ0v) is 16.9. The Morgan fingerprint density at radius 3 is 2.14 bits per heavy atom. The Kier molecular flexibility index (Phi) is 6.69. The number of benzene rings is 2. The molecule has 0 aliphatic heterocycles. The smallest absolute Gasteiger partial charge is 0.190 e. The second-order valence-electron chi connectivity index (χ2n) is 8.16. The van der Waals surface area contributed by atoms with Crippen molar-refractivity contribution in [3.63, 3.8) is 0 Å². The molecular formula is C24H29F3O. The van der Waals surface area contributed by atoms with Gasteiger partial charge in [0.25, 0.3) is 0 Å². The molecule has 3 rings (SSSR count). The zero-order valence-electron chi connectivity index (χ0n) is 16.9. The van der Waals surface area contributed by atoms with Crippen molar-refractivity contribution in [2.75, 3.05) is 7.11 Å². The summed E-state index contributed by atoms with van der Waals surface area (Å²) < 4.78 is 47.3. The van der Waals surface area contributed by atoms with Crippen LogP contribution in [0.2, 0.25) is 0 Å². The number of hydrogen-bond donors (Lipinski definition) is 0. The van der Waals surface area contributed by atoms with Gasteiger partial charge in [0.1, 0.15) is 5.82 Å². The predicted molar refractivity (Wildman–Crippen MR) is 107 cm³/mol. The average Bonchev–Trinajstić information content (AvgIpc) is 2.68. The molecule has 0 saturated heterocycles. The van der Waals surface area contributed by atoms with Crippen molar-refractivity contribution in [3.8, 4) is 16.9 Å². The van der Waals surface area contributed by atoms with Gasteiger partial charge in [0.05, 0.1) is 7.11 Å². The van der Waals surface area contributed by atoms with E-state index in [1.807, 2.05) is 6.07 Å². The van der Waals surface area contributed by atoms with Crippen molar-refractivity contribution < 1.29 is 17.9 Å². The molecule has 0 bridgehead atoms. The minimum Gasteiger partial charge on any atom is -0.491 e. The first kappa shape index (κ1) is 20.8. The number of rotatable bonds is 6. The molecule has 0 N–H and O–H groups in total. The fraction of sp³-hybridized carbons (Fsp3) is 0.500. The summed E-state index contributed by atoms with van der Waals surface area (Å²) in [5.74, 6) is -0.523. The molecule has 0 radical (unpaired) electrons. The molecule has 2 aromatic rings. The Balaban J connectivity index is 1.72. The summed E-state index contributed by atoms with van der Waals surface area (Å²) >= 11 is 0. The topological polar surface area (TPSA) is 9.23 Å². The van der Waals surface area contributed by atoms with Gasteiger partial charge in [-0.05, 0) is 66.3 Å². The highest BCUT2D eigenvalue weighted by Gasteiger charge is 2.24. The Morgan fingerprint density at radius 2 is 1.61 bits per heavy atom. The van der Waals surface area contributed by atoms with Crippen LogP contribution in [-0.2, 0) is 6.42 Å². The first-order chi connectivity index (χ1) is 13.4. The molecule has 1 atom stereocenters. The van der Waals surface area contributed by atoms with Crippen molar-refractivity contribution in [3.05, 3.63) is 53.3 Å². The third kappa shape index (κ3) is 4.53. The van der Waals surface area contributed by atoms with Crippen LogP contribution < -0.4 is 4.74 Å². The van der Waals surface area contributed by atoms with E-state index in [1.54, 1.807) is 6.07 Å². The lowest BCUT2D eigenvalue weighted by molar-refractivity contribution is 0.210. The van der Waals surface area contributed by atoms with Gasteiger partial charge in [-0.2, -0.15) is 0 Å². The molecule has 1 unspecified atom stereocenters. The summed E-state index contributed by atoms with van der Waals surface area (Å²) in [6, 6.07) is 7.20. The molecule has 0 amide bonds. The van der Waals surface area contributed by atoms with Gasteiger partial charge in [-0.1, -0.05) is 45.2 Å². The monoisotopic (exact) mass is 390 g/mol. The Bertz CT molecular complexity index is 786. The standard InChI is InChI=1S/C24H29F3O/c1-4-16-5-8-18(9-6-16)15(2)11-17-7-10-20(21(25)12-17)19-13-22(26)24(28-3)23(27)14-19/h7,10,12-16,18H,4-6,8-9,11H2,1-3H3. The molecule has 152 valence electrons. The molecule has 1 aliphatic rings. The highest BCUT2D eigenvalue weighted by molar-refractivity contribution is 5.65.